The number of fused-ring (bicyclic) bond motifs is 1. The van der Waals surface area contributed by atoms with E-state index < -0.39 is 17.6 Å². The molecule has 1 amide bonds. The van der Waals surface area contributed by atoms with Crippen LogP contribution < -0.4 is 16.2 Å². The van der Waals surface area contributed by atoms with Crippen LogP contribution in [0.15, 0.2) is 47.4 Å². The standard InChI is InChI=1S/C19H18F3N5O2/c1-12-13-5-2-3-6-14(13)18(29)27(26-12)11-16(28)23-9-10-25-17-15(19(20,21)22)7-4-8-24-17/h2-8H,9-11H2,1H3,(H,23,28)(H,24,25). The van der Waals surface area contributed by atoms with Crippen molar-refractivity contribution in [2.75, 3.05) is 18.4 Å². The number of benzene rings is 1. The summed E-state index contributed by atoms with van der Waals surface area (Å²) in [6.07, 6.45) is -3.28. The summed E-state index contributed by atoms with van der Waals surface area (Å²) >= 11 is 0. The number of halogens is 3. The van der Waals surface area contributed by atoms with Crippen molar-refractivity contribution in [1.82, 2.24) is 20.1 Å². The van der Waals surface area contributed by atoms with Gasteiger partial charge in [-0.15, -0.1) is 0 Å². The van der Waals surface area contributed by atoms with E-state index in [-0.39, 0.29) is 31.0 Å². The van der Waals surface area contributed by atoms with Crippen molar-refractivity contribution in [2.45, 2.75) is 19.6 Å². The fraction of sp³-hybridized carbons (Fsp3) is 0.263. The molecule has 0 radical (unpaired) electrons. The van der Waals surface area contributed by atoms with E-state index in [0.29, 0.717) is 16.5 Å². The molecule has 29 heavy (non-hydrogen) atoms. The van der Waals surface area contributed by atoms with Gasteiger partial charge in [0, 0.05) is 24.7 Å². The van der Waals surface area contributed by atoms with Crippen molar-refractivity contribution < 1.29 is 18.0 Å². The van der Waals surface area contributed by atoms with Crippen molar-refractivity contribution in [3.05, 3.63) is 64.2 Å². The van der Waals surface area contributed by atoms with Crippen LogP contribution in [0.4, 0.5) is 19.0 Å². The van der Waals surface area contributed by atoms with Crippen LogP contribution >= 0.6 is 0 Å². The number of alkyl halides is 3. The molecule has 0 spiro atoms. The Balaban J connectivity index is 1.59. The monoisotopic (exact) mass is 405 g/mol. The second-order valence-corrected chi connectivity index (χ2v) is 6.27. The van der Waals surface area contributed by atoms with Gasteiger partial charge in [0.05, 0.1) is 16.6 Å². The molecule has 0 aliphatic rings. The maximum Gasteiger partial charge on any atom is 0.419 e. The number of amides is 1. The molecular weight excluding hydrogens is 387 g/mol. The molecule has 0 atom stereocenters. The predicted octanol–water partition coefficient (Wildman–Crippen LogP) is 2.35. The van der Waals surface area contributed by atoms with E-state index in [1.54, 1.807) is 31.2 Å². The molecule has 0 unspecified atom stereocenters. The van der Waals surface area contributed by atoms with Crippen LogP contribution in [0, 0.1) is 6.92 Å². The zero-order valence-electron chi connectivity index (χ0n) is 15.5. The largest absolute Gasteiger partial charge is 0.419 e. The van der Waals surface area contributed by atoms with Crippen LogP contribution in [-0.2, 0) is 17.5 Å². The smallest absolute Gasteiger partial charge is 0.368 e. The number of aryl methyl sites for hydroxylation is 1. The first-order valence-electron chi connectivity index (χ1n) is 8.76. The van der Waals surface area contributed by atoms with E-state index in [9.17, 15) is 22.8 Å². The van der Waals surface area contributed by atoms with Gasteiger partial charge in [-0.1, -0.05) is 18.2 Å². The molecule has 0 fully saturated rings. The Bertz CT molecular complexity index is 1100. The number of aromatic nitrogens is 3. The van der Waals surface area contributed by atoms with E-state index >= 15 is 0 Å². The minimum Gasteiger partial charge on any atom is -0.368 e. The topological polar surface area (TPSA) is 88.9 Å². The molecule has 152 valence electrons. The lowest BCUT2D eigenvalue weighted by Gasteiger charge is -2.13. The quantitative estimate of drug-likeness (QED) is 0.615. The van der Waals surface area contributed by atoms with Crippen molar-refractivity contribution >= 4 is 22.5 Å². The third kappa shape index (κ3) is 4.71. The number of carbonyl (C=O) groups is 1. The van der Waals surface area contributed by atoms with Crippen molar-refractivity contribution in [3.63, 3.8) is 0 Å². The Kier molecular flexibility index (Phi) is 5.81. The van der Waals surface area contributed by atoms with Crippen LogP contribution in [0.5, 0.6) is 0 Å². The third-order valence-electron chi connectivity index (χ3n) is 4.20. The number of rotatable bonds is 6. The summed E-state index contributed by atoms with van der Waals surface area (Å²) in [5, 5.41) is 10.4. The van der Waals surface area contributed by atoms with Gasteiger partial charge < -0.3 is 10.6 Å². The van der Waals surface area contributed by atoms with E-state index in [0.717, 1.165) is 10.7 Å². The van der Waals surface area contributed by atoms with Gasteiger partial charge in [0.1, 0.15) is 12.4 Å². The van der Waals surface area contributed by atoms with Crippen LogP contribution in [0.3, 0.4) is 0 Å². The highest BCUT2D eigenvalue weighted by Crippen LogP contribution is 2.33. The van der Waals surface area contributed by atoms with E-state index in [2.05, 4.69) is 20.7 Å². The van der Waals surface area contributed by atoms with Gasteiger partial charge in [-0.2, -0.15) is 18.3 Å². The van der Waals surface area contributed by atoms with Crippen molar-refractivity contribution in [2.24, 2.45) is 0 Å². The summed E-state index contributed by atoms with van der Waals surface area (Å²) in [4.78, 5) is 28.3. The number of pyridine rings is 1. The van der Waals surface area contributed by atoms with Gasteiger partial charge in [0.2, 0.25) is 5.91 Å². The van der Waals surface area contributed by atoms with Gasteiger partial charge in [-0.25, -0.2) is 9.67 Å². The average molecular weight is 405 g/mol. The van der Waals surface area contributed by atoms with E-state index in [4.69, 9.17) is 0 Å². The van der Waals surface area contributed by atoms with Gasteiger partial charge in [0.25, 0.3) is 5.56 Å². The molecule has 0 saturated heterocycles. The molecule has 0 aliphatic carbocycles. The summed E-state index contributed by atoms with van der Waals surface area (Å²) < 4.78 is 39.8. The number of nitrogens with one attached hydrogen (secondary N) is 2. The Labute approximate surface area is 163 Å². The van der Waals surface area contributed by atoms with E-state index in [1.165, 1.54) is 12.3 Å². The highest BCUT2D eigenvalue weighted by atomic mass is 19.4. The molecule has 3 aromatic rings. The number of hydrogen-bond donors (Lipinski definition) is 2. The summed E-state index contributed by atoms with van der Waals surface area (Å²) in [5.74, 6) is -0.787. The molecule has 0 bridgehead atoms. The van der Waals surface area contributed by atoms with Crippen molar-refractivity contribution in [1.29, 1.82) is 0 Å². The van der Waals surface area contributed by atoms with Gasteiger partial charge >= 0.3 is 6.18 Å². The second kappa shape index (κ2) is 8.29. The lowest BCUT2D eigenvalue weighted by molar-refractivity contribution is -0.137. The SMILES string of the molecule is Cc1nn(CC(=O)NCCNc2ncccc2C(F)(F)F)c(=O)c2ccccc12. The zero-order valence-corrected chi connectivity index (χ0v) is 15.5. The predicted molar refractivity (Wildman–Crippen MR) is 101 cm³/mol. The molecule has 10 heteroatoms. The molecule has 2 aromatic heterocycles. The summed E-state index contributed by atoms with van der Waals surface area (Å²) in [6.45, 7) is 1.53. The van der Waals surface area contributed by atoms with Crippen LogP contribution in [0.1, 0.15) is 11.3 Å². The number of hydrogen-bond acceptors (Lipinski definition) is 5. The van der Waals surface area contributed by atoms with Gasteiger partial charge in [0.15, 0.2) is 0 Å². The summed E-state index contributed by atoms with van der Waals surface area (Å²) in [6, 6.07) is 9.09. The average Bonchev–Trinajstić information content (AvgIpc) is 2.69. The molecular formula is C19H18F3N5O2. The normalized spacial score (nSPS) is 11.4. The van der Waals surface area contributed by atoms with Crippen molar-refractivity contribution in [3.8, 4) is 0 Å². The molecule has 3 rings (SSSR count). The first kappa shape index (κ1) is 20.3. The van der Waals surface area contributed by atoms with Crippen LogP contribution in [-0.4, -0.2) is 33.8 Å². The minimum atomic E-state index is -4.53. The lowest BCUT2D eigenvalue weighted by Crippen LogP contribution is -2.36. The lowest BCUT2D eigenvalue weighted by atomic mass is 10.1. The maximum atomic E-state index is 12.9. The molecule has 0 saturated carbocycles. The van der Waals surface area contributed by atoms with Crippen LogP contribution in [0.2, 0.25) is 0 Å². The molecule has 0 aliphatic heterocycles. The Morgan fingerprint density at radius 1 is 1.10 bits per heavy atom. The Morgan fingerprint density at radius 2 is 1.83 bits per heavy atom. The number of anilines is 1. The highest BCUT2D eigenvalue weighted by Gasteiger charge is 2.33. The zero-order chi connectivity index (χ0) is 21.0. The molecule has 2 N–H and O–H groups in total. The molecule has 1 aromatic carbocycles. The van der Waals surface area contributed by atoms with Gasteiger partial charge in [-0.05, 0) is 25.1 Å². The molecule has 2 heterocycles. The third-order valence-corrected chi connectivity index (χ3v) is 4.20. The van der Waals surface area contributed by atoms with Crippen LogP contribution in [0.25, 0.3) is 10.8 Å². The fourth-order valence-corrected chi connectivity index (χ4v) is 2.86. The maximum absolute atomic E-state index is 12.9. The highest BCUT2D eigenvalue weighted by molar-refractivity contribution is 5.83. The first-order valence-corrected chi connectivity index (χ1v) is 8.76. The Morgan fingerprint density at radius 3 is 2.55 bits per heavy atom. The summed E-state index contributed by atoms with van der Waals surface area (Å²) in [7, 11) is 0. The number of nitrogens with zero attached hydrogens (tertiary/aromatic N) is 3. The second-order valence-electron chi connectivity index (χ2n) is 6.27. The number of carbonyl (C=O) groups excluding carboxylic acids is 1. The molecule has 7 nitrogen and oxygen atoms in total. The first-order chi connectivity index (χ1) is 13.8. The fourth-order valence-electron chi connectivity index (χ4n) is 2.86. The van der Waals surface area contributed by atoms with E-state index in [1.807, 2.05) is 0 Å². The minimum absolute atomic E-state index is 0.0326. The Hall–Kier alpha value is -3.43. The van der Waals surface area contributed by atoms with Gasteiger partial charge in [-0.3, -0.25) is 9.59 Å². The summed E-state index contributed by atoms with van der Waals surface area (Å²) in [5.41, 5.74) is -0.652.